The third-order valence-corrected chi connectivity index (χ3v) is 1.04. The van der Waals surface area contributed by atoms with Gasteiger partial charge in [0.05, 0.1) is 6.04 Å². The molecule has 0 atom stereocenters. The number of azo groups is 1. The second kappa shape index (κ2) is 3.74. The second-order valence-corrected chi connectivity index (χ2v) is 2.66. The summed E-state index contributed by atoms with van der Waals surface area (Å²) in [6.45, 7) is 3.77. The van der Waals surface area contributed by atoms with Crippen LogP contribution in [0.25, 0.3) is 0 Å². The molecule has 0 fully saturated rings. The van der Waals surface area contributed by atoms with Gasteiger partial charge in [0, 0.05) is 0 Å². The first-order valence-electron chi connectivity index (χ1n) is 3.76. The van der Waals surface area contributed by atoms with Gasteiger partial charge in [0.25, 0.3) is 5.95 Å². The van der Waals surface area contributed by atoms with E-state index in [0.717, 1.165) is 0 Å². The van der Waals surface area contributed by atoms with Crippen molar-refractivity contribution in [1.82, 2.24) is 15.0 Å². The molecule has 13 heavy (non-hydrogen) atoms. The van der Waals surface area contributed by atoms with E-state index in [4.69, 9.17) is 11.5 Å². The highest BCUT2D eigenvalue weighted by atomic mass is 15.3. The molecule has 1 aromatic rings. The topological polar surface area (TPSA) is 115 Å². The molecule has 0 aromatic carbocycles. The number of nitrogens with two attached hydrogens (primary N) is 2. The summed E-state index contributed by atoms with van der Waals surface area (Å²) in [7, 11) is 0. The van der Waals surface area contributed by atoms with E-state index in [0.29, 0.717) is 0 Å². The summed E-state index contributed by atoms with van der Waals surface area (Å²) in [5.41, 5.74) is 10.6. The second-order valence-electron chi connectivity index (χ2n) is 2.66. The molecule has 0 aliphatic carbocycles. The lowest BCUT2D eigenvalue weighted by Crippen LogP contribution is -2.01. The standard InChI is InChI=1S/C6H11N7/c1-3(2)12-13-6-10-4(7)9-5(8)11-6/h3H,1-2H3,(H4,7,8,9,10,11). The van der Waals surface area contributed by atoms with Crippen molar-refractivity contribution in [2.45, 2.75) is 19.9 Å². The molecule has 1 aromatic heterocycles. The minimum absolute atomic E-state index is 0.0465. The molecule has 7 heteroatoms. The van der Waals surface area contributed by atoms with Gasteiger partial charge in [0.1, 0.15) is 0 Å². The Kier molecular flexibility index (Phi) is 2.68. The lowest BCUT2D eigenvalue weighted by atomic mass is 10.4. The van der Waals surface area contributed by atoms with Crippen LogP contribution in [-0.2, 0) is 0 Å². The molecule has 1 rings (SSSR count). The fourth-order valence-corrected chi connectivity index (χ4v) is 0.609. The van der Waals surface area contributed by atoms with E-state index in [1.165, 1.54) is 0 Å². The molecule has 0 aliphatic rings. The van der Waals surface area contributed by atoms with Gasteiger partial charge < -0.3 is 11.5 Å². The Morgan fingerprint density at radius 3 is 2.08 bits per heavy atom. The van der Waals surface area contributed by atoms with E-state index in [9.17, 15) is 0 Å². The van der Waals surface area contributed by atoms with E-state index >= 15 is 0 Å². The van der Waals surface area contributed by atoms with Crippen molar-refractivity contribution in [3.05, 3.63) is 0 Å². The zero-order chi connectivity index (χ0) is 9.84. The Morgan fingerprint density at radius 1 is 1.08 bits per heavy atom. The Morgan fingerprint density at radius 2 is 1.62 bits per heavy atom. The summed E-state index contributed by atoms with van der Waals surface area (Å²) in [4.78, 5) is 11.0. The highest BCUT2D eigenvalue weighted by Gasteiger charge is 1.99. The number of hydrogen-bond donors (Lipinski definition) is 2. The van der Waals surface area contributed by atoms with E-state index in [2.05, 4.69) is 25.2 Å². The van der Waals surface area contributed by atoms with Crippen LogP contribution in [0.3, 0.4) is 0 Å². The quantitative estimate of drug-likeness (QED) is 0.645. The highest BCUT2D eigenvalue weighted by Crippen LogP contribution is 2.08. The highest BCUT2D eigenvalue weighted by molar-refractivity contribution is 5.32. The third-order valence-electron chi connectivity index (χ3n) is 1.04. The van der Waals surface area contributed by atoms with Crippen LogP contribution in [0, 0.1) is 0 Å². The molecule has 0 saturated heterocycles. The largest absolute Gasteiger partial charge is 0.368 e. The van der Waals surface area contributed by atoms with Gasteiger partial charge in [0.15, 0.2) is 0 Å². The Labute approximate surface area is 75.3 Å². The smallest absolute Gasteiger partial charge is 0.274 e. The maximum absolute atomic E-state index is 5.32. The van der Waals surface area contributed by atoms with E-state index in [1.807, 2.05) is 13.8 Å². The van der Waals surface area contributed by atoms with Crippen LogP contribution in [0.15, 0.2) is 10.2 Å². The molecule has 4 N–H and O–H groups in total. The van der Waals surface area contributed by atoms with Gasteiger partial charge in [-0.15, -0.1) is 5.11 Å². The van der Waals surface area contributed by atoms with Gasteiger partial charge in [-0.1, -0.05) is 0 Å². The lowest BCUT2D eigenvalue weighted by Gasteiger charge is -1.96. The summed E-state index contributed by atoms with van der Waals surface area (Å²) in [5.74, 6) is 0.231. The van der Waals surface area contributed by atoms with Crippen molar-refractivity contribution >= 4 is 17.8 Å². The molecule has 1 heterocycles. The first-order valence-corrected chi connectivity index (χ1v) is 3.76. The van der Waals surface area contributed by atoms with Gasteiger partial charge in [-0.25, -0.2) is 0 Å². The lowest BCUT2D eigenvalue weighted by molar-refractivity contribution is 0.769. The summed E-state index contributed by atoms with van der Waals surface area (Å²) in [6, 6.07) is 0.0826. The Bertz CT molecular complexity index is 299. The number of nitrogens with zero attached hydrogens (tertiary/aromatic N) is 5. The summed E-state index contributed by atoms with van der Waals surface area (Å²) < 4.78 is 0. The van der Waals surface area contributed by atoms with Crippen LogP contribution in [0.4, 0.5) is 17.8 Å². The average molecular weight is 181 g/mol. The predicted octanol–water partition coefficient (Wildman–Crippen LogP) is 0.528. The minimum atomic E-state index is 0.0465. The van der Waals surface area contributed by atoms with Crippen LogP contribution >= 0.6 is 0 Å². The van der Waals surface area contributed by atoms with Gasteiger partial charge in [0.2, 0.25) is 11.9 Å². The molecule has 0 unspecified atom stereocenters. The van der Waals surface area contributed by atoms with Crippen LogP contribution in [0.2, 0.25) is 0 Å². The number of anilines is 2. The molecule has 0 bridgehead atoms. The average Bonchev–Trinajstić information content (AvgIpc) is 1.99. The summed E-state index contributed by atoms with van der Waals surface area (Å²) in [5, 5.41) is 7.57. The Balaban J connectivity index is 2.89. The van der Waals surface area contributed by atoms with Crippen molar-refractivity contribution in [2.75, 3.05) is 11.5 Å². The molecular formula is C6H11N7. The fourth-order valence-electron chi connectivity index (χ4n) is 0.609. The molecular weight excluding hydrogens is 170 g/mol. The molecule has 0 saturated carbocycles. The van der Waals surface area contributed by atoms with Gasteiger partial charge in [-0.2, -0.15) is 20.1 Å². The molecule has 0 spiro atoms. The van der Waals surface area contributed by atoms with Gasteiger partial charge in [-0.3, -0.25) is 0 Å². The van der Waals surface area contributed by atoms with Crippen LogP contribution in [-0.4, -0.2) is 21.0 Å². The van der Waals surface area contributed by atoms with E-state index in [1.54, 1.807) is 0 Å². The summed E-state index contributed by atoms with van der Waals surface area (Å²) in [6.07, 6.45) is 0. The van der Waals surface area contributed by atoms with Crippen LogP contribution in [0.1, 0.15) is 13.8 Å². The first-order chi connectivity index (χ1) is 6.08. The first kappa shape index (κ1) is 9.30. The summed E-state index contributed by atoms with van der Waals surface area (Å²) >= 11 is 0. The predicted molar refractivity (Wildman–Crippen MR) is 48.3 cm³/mol. The van der Waals surface area contributed by atoms with Crippen molar-refractivity contribution in [3.8, 4) is 0 Å². The maximum Gasteiger partial charge on any atom is 0.274 e. The van der Waals surface area contributed by atoms with Crippen LogP contribution < -0.4 is 11.5 Å². The zero-order valence-corrected chi connectivity index (χ0v) is 7.47. The third kappa shape index (κ3) is 2.97. The number of hydrogen-bond acceptors (Lipinski definition) is 7. The van der Waals surface area contributed by atoms with Crippen LogP contribution in [0.5, 0.6) is 0 Å². The van der Waals surface area contributed by atoms with Crippen molar-refractivity contribution in [3.63, 3.8) is 0 Å². The SMILES string of the molecule is CC(C)N=Nc1nc(N)nc(N)n1. The maximum atomic E-state index is 5.32. The fraction of sp³-hybridized carbons (Fsp3) is 0.500. The van der Waals surface area contributed by atoms with E-state index < -0.39 is 0 Å². The molecule has 0 aliphatic heterocycles. The van der Waals surface area contributed by atoms with Crippen molar-refractivity contribution in [1.29, 1.82) is 0 Å². The Hall–Kier alpha value is -1.79. The van der Waals surface area contributed by atoms with Gasteiger partial charge >= 0.3 is 0 Å². The molecule has 70 valence electrons. The molecule has 0 amide bonds. The number of nitrogen functional groups attached to an aromatic ring is 2. The van der Waals surface area contributed by atoms with Gasteiger partial charge in [-0.05, 0) is 13.8 Å². The molecule has 7 nitrogen and oxygen atoms in total. The zero-order valence-electron chi connectivity index (χ0n) is 7.47. The minimum Gasteiger partial charge on any atom is -0.368 e. The monoisotopic (exact) mass is 181 g/mol. The normalized spacial score (nSPS) is 11.3. The number of aromatic nitrogens is 3. The van der Waals surface area contributed by atoms with Crippen molar-refractivity contribution < 1.29 is 0 Å². The number of rotatable bonds is 2. The molecule has 0 radical (unpaired) electrons. The van der Waals surface area contributed by atoms with E-state index in [-0.39, 0.29) is 23.9 Å². The van der Waals surface area contributed by atoms with Crippen molar-refractivity contribution in [2.24, 2.45) is 10.2 Å².